The number of hydrogen-bond donors (Lipinski definition) is 2. The third-order valence-corrected chi connectivity index (χ3v) is 5.14. The molecule has 7 heteroatoms. The van der Waals surface area contributed by atoms with Crippen LogP contribution in [0.25, 0.3) is 10.9 Å². The van der Waals surface area contributed by atoms with Crippen molar-refractivity contribution in [2.45, 2.75) is 6.92 Å². The molecule has 0 atom stereocenters. The number of amides is 2. The van der Waals surface area contributed by atoms with E-state index in [2.05, 4.69) is 15.6 Å². The van der Waals surface area contributed by atoms with Gasteiger partial charge in [-0.3, -0.25) is 14.6 Å². The number of fused-ring (bicyclic) bond motifs is 2. The normalized spacial score (nSPS) is 11.9. The second-order valence-electron chi connectivity index (χ2n) is 7.35. The maximum atomic E-state index is 13.1. The van der Waals surface area contributed by atoms with Crippen molar-refractivity contribution in [3.05, 3.63) is 89.6 Å². The van der Waals surface area contributed by atoms with Crippen molar-refractivity contribution in [2.75, 3.05) is 17.4 Å². The lowest BCUT2D eigenvalue weighted by Crippen LogP contribution is -2.18. The monoisotopic (exact) mass is 425 g/mol. The quantitative estimate of drug-likeness (QED) is 0.491. The van der Waals surface area contributed by atoms with Crippen molar-refractivity contribution < 1.29 is 19.1 Å². The van der Waals surface area contributed by atoms with Crippen LogP contribution in [0.4, 0.5) is 11.4 Å². The summed E-state index contributed by atoms with van der Waals surface area (Å²) in [5.74, 6) is 0.547. The Morgan fingerprint density at radius 1 is 0.812 bits per heavy atom. The molecular formula is C25H19N3O4. The minimum absolute atomic E-state index is 0.158. The van der Waals surface area contributed by atoms with E-state index in [-0.39, 0.29) is 18.6 Å². The third-order valence-electron chi connectivity index (χ3n) is 5.14. The first-order chi connectivity index (χ1) is 15.6. The molecule has 0 aliphatic carbocycles. The number of hydrogen-bond acceptors (Lipinski definition) is 5. The average molecular weight is 425 g/mol. The Morgan fingerprint density at radius 2 is 1.56 bits per heavy atom. The maximum absolute atomic E-state index is 13.1. The summed E-state index contributed by atoms with van der Waals surface area (Å²) in [4.78, 5) is 30.6. The summed E-state index contributed by atoms with van der Waals surface area (Å²) in [6, 6.07) is 21.3. The fraction of sp³-hybridized carbons (Fsp3) is 0.0800. The van der Waals surface area contributed by atoms with Gasteiger partial charge < -0.3 is 20.1 Å². The van der Waals surface area contributed by atoms with Gasteiger partial charge in [0.2, 0.25) is 6.79 Å². The number of nitrogens with zero attached hydrogens (tertiary/aromatic N) is 1. The fourth-order valence-electron chi connectivity index (χ4n) is 3.65. The molecule has 0 saturated carbocycles. The Kier molecular flexibility index (Phi) is 4.91. The molecule has 4 aromatic rings. The number of rotatable bonds is 4. The largest absolute Gasteiger partial charge is 0.454 e. The number of aromatic nitrogens is 1. The molecule has 7 nitrogen and oxygen atoms in total. The summed E-state index contributed by atoms with van der Waals surface area (Å²) in [6.45, 7) is 2.00. The van der Waals surface area contributed by atoms with E-state index in [1.807, 2.05) is 31.2 Å². The van der Waals surface area contributed by atoms with Crippen LogP contribution in [0.2, 0.25) is 0 Å². The zero-order valence-electron chi connectivity index (χ0n) is 17.2. The highest BCUT2D eigenvalue weighted by Gasteiger charge is 2.18. The first kappa shape index (κ1) is 19.6. The third kappa shape index (κ3) is 3.72. The van der Waals surface area contributed by atoms with Gasteiger partial charge >= 0.3 is 0 Å². The van der Waals surface area contributed by atoms with Crippen LogP contribution in [0.3, 0.4) is 0 Å². The van der Waals surface area contributed by atoms with E-state index >= 15 is 0 Å². The van der Waals surface area contributed by atoms with Gasteiger partial charge in [0.05, 0.1) is 22.3 Å². The molecule has 0 bridgehead atoms. The highest BCUT2D eigenvalue weighted by Crippen LogP contribution is 2.34. The summed E-state index contributed by atoms with van der Waals surface area (Å²) in [7, 11) is 0. The topological polar surface area (TPSA) is 89.6 Å². The number of ether oxygens (including phenoxy) is 2. The van der Waals surface area contributed by atoms with Gasteiger partial charge in [-0.15, -0.1) is 0 Å². The zero-order chi connectivity index (χ0) is 22.1. The minimum atomic E-state index is -0.351. The number of carbonyl (C=O) groups is 2. The maximum Gasteiger partial charge on any atom is 0.257 e. The predicted molar refractivity (Wildman–Crippen MR) is 121 cm³/mol. The van der Waals surface area contributed by atoms with E-state index in [0.717, 1.165) is 16.6 Å². The van der Waals surface area contributed by atoms with E-state index in [0.29, 0.717) is 34.0 Å². The van der Waals surface area contributed by atoms with Gasteiger partial charge in [-0.2, -0.15) is 0 Å². The van der Waals surface area contributed by atoms with Crippen LogP contribution < -0.4 is 20.1 Å². The van der Waals surface area contributed by atoms with Crippen LogP contribution in [0.1, 0.15) is 26.4 Å². The number of pyridine rings is 1. The first-order valence-corrected chi connectivity index (χ1v) is 10.1. The molecule has 0 unspecified atom stereocenters. The van der Waals surface area contributed by atoms with Crippen molar-refractivity contribution in [1.82, 2.24) is 4.98 Å². The van der Waals surface area contributed by atoms with Gasteiger partial charge in [-0.25, -0.2) is 0 Å². The van der Waals surface area contributed by atoms with Gasteiger partial charge in [-0.1, -0.05) is 30.3 Å². The number of para-hydroxylation sites is 2. The van der Waals surface area contributed by atoms with E-state index < -0.39 is 0 Å². The lowest BCUT2D eigenvalue weighted by atomic mass is 10.1. The number of benzene rings is 3. The van der Waals surface area contributed by atoms with Gasteiger partial charge in [0, 0.05) is 22.8 Å². The molecule has 0 saturated heterocycles. The lowest BCUT2D eigenvalue weighted by Gasteiger charge is -2.13. The standard InChI is InChI=1S/C25H19N3O4/c1-15-12-19(17-6-2-4-8-20(17)26-15)25(30)28-21-9-5-3-7-18(21)24(29)27-16-10-11-22-23(13-16)32-14-31-22/h2-13H,14H2,1H3,(H,27,29)(H,28,30). The van der Waals surface area contributed by atoms with Crippen LogP contribution in [-0.4, -0.2) is 23.6 Å². The lowest BCUT2D eigenvalue weighted by molar-refractivity contribution is 0.102. The Balaban J connectivity index is 1.41. The summed E-state index contributed by atoms with van der Waals surface area (Å²) in [5, 5.41) is 6.47. The second-order valence-corrected chi connectivity index (χ2v) is 7.35. The van der Waals surface area contributed by atoms with Crippen LogP contribution in [0, 0.1) is 6.92 Å². The smallest absolute Gasteiger partial charge is 0.257 e. The molecule has 0 fully saturated rings. The van der Waals surface area contributed by atoms with Gasteiger partial charge in [0.25, 0.3) is 11.8 Å². The van der Waals surface area contributed by atoms with Crippen molar-refractivity contribution in [2.24, 2.45) is 0 Å². The van der Waals surface area contributed by atoms with E-state index in [1.165, 1.54) is 0 Å². The molecule has 158 valence electrons. The van der Waals surface area contributed by atoms with E-state index in [1.54, 1.807) is 48.5 Å². The number of aryl methyl sites for hydroxylation is 1. The van der Waals surface area contributed by atoms with E-state index in [9.17, 15) is 9.59 Å². The number of anilines is 2. The Morgan fingerprint density at radius 3 is 2.47 bits per heavy atom. The summed E-state index contributed by atoms with van der Waals surface area (Å²) < 4.78 is 10.7. The molecule has 1 aromatic heterocycles. The molecule has 5 rings (SSSR count). The van der Waals surface area contributed by atoms with Crippen LogP contribution in [0.15, 0.2) is 72.8 Å². The molecule has 1 aliphatic rings. The van der Waals surface area contributed by atoms with Gasteiger partial charge in [-0.05, 0) is 43.3 Å². The number of nitrogens with one attached hydrogen (secondary N) is 2. The highest BCUT2D eigenvalue weighted by molar-refractivity contribution is 6.16. The molecule has 2 heterocycles. The SMILES string of the molecule is Cc1cc(C(=O)Nc2ccccc2C(=O)Nc2ccc3c(c2)OCO3)c2ccccc2n1. The van der Waals surface area contributed by atoms with Crippen molar-refractivity contribution >= 4 is 34.1 Å². The predicted octanol–water partition coefficient (Wildman–Crippen LogP) is 4.78. The second kappa shape index (κ2) is 8.03. The highest BCUT2D eigenvalue weighted by atomic mass is 16.7. The Bertz CT molecular complexity index is 1370. The zero-order valence-corrected chi connectivity index (χ0v) is 17.2. The molecule has 3 aromatic carbocycles. The Labute approximate surface area is 184 Å². The molecule has 32 heavy (non-hydrogen) atoms. The Hall–Kier alpha value is -4.39. The average Bonchev–Trinajstić information content (AvgIpc) is 3.26. The fourth-order valence-corrected chi connectivity index (χ4v) is 3.65. The molecule has 0 spiro atoms. The van der Waals surface area contributed by atoms with Gasteiger partial charge in [0.1, 0.15) is 0 Å². The minimum Gasteiger partial charge on any atom is -0.454 e. The number of carbonyl (C=O) groups excluding carboxylic acids is 2. The van der Waals surface area contributed by atoms with Crippen LogP contribution >= 0.6 is 0 Å². The molecule has 1 aliphatic heterocycles. The summed E-state index contributed by atoms with van der Waals surface area (Å²) in [6.07, 6.45) is 0. The van der Waals surface area contributed by atoms with Gasteiger partial charge in [0.15, 0.2) is 11.5 Å². The molecule has 2 amide bonds. The van der Waals surface area contributed by atoms with Crippen LogP contribution in [-0.2, 0) is 0 Å². The van der Waals surface area contributed by atoms with Crippen LogP contribution in [0.5, 0.6) is 11.5 Å². The molecule has 2 N–H and O–H groups in total. The summed E-state index contributed by atoms with van der Waals surface area (Å²) in [5.41, 5.74) is 3.30. The van der Waals surface area contributed by atoms with Crippen molar-refractivity contribution in [1.29, 1.82) is 0 Å². The van der Waals surface area contributed by atoms with Crippen molar-refractivity contribution in [3.8, 4) is 11.5 Å². The van der Waals surface area contributed by atoms with Crippen molar-refractivity contribution in [3.63, 3.8) is 0 Å². The first-order valence-electron chi connectivity index (χ1n) is 10.1. The van der Waals surface area contributed by atoms with E-state index in [4.69, 9.17) is 9.47 Å². The molecule has 0 radical (unpaired) electrons. The summed E-state index contributed by atoms with van der Waals surface area (Å²) >= 11 is 0. The molecular weight excluding hydrogens is 406 g/mol.